The fourth-order valence-corrected chi connectivity index (χ4v) is 1.58. The lowest BCUT2D eigenvalue weighted by Crippen LogP contribution is -2.35. The maximum Gasteiger partial charge on any atom is 0.127 e. The third-order valence-electron chi connectivity index (χ3n) is 2.72. The Hall–Kier alpha value is -1.13. The zero-order valence-corrected chi connectivity index (χ0v) is 11.2. The summed E-state index contributed by atoms with van der Waals surface area (Å²) < 4.78 is 0. The van der Waals surface area contributed by atoms with Gasteiger partial charge in [-0.25, -0.2) is 4.98 Å². The topological polar surface area (TPSA) is 48.4 Å². The van der Waals surface area contributed by atoms with Gasteiger partial charge in [-0.1, -0.05) is 13.0 Å². The summed E-state index contributed by atoms with van der Waals surface area (Å²) in [5, 5.41) is 13.5. The van der Waals surface area contributed by atoms with Crippen LogP contribution in [0, 0.1) is 0 Å². The third-order valence-corrected chi connectivity index (χ3v) is 2.72. The van der Waals surface area contributed by atoms with Gasteiger partial charge in [-0.05, 0) is 26.0 Å². The summed E-state index contributed by atoms with van der Waals surface area (Å²) in [5.41, 5.74) is -0.0285. The zero-order valence-electron chi connectivity index (χ0n) is 11.2. The van der Waals surface area contributed by atoms with E-state index < -0.39 is 5.60 Å². The van der Waals surface area contributed by atoms with Gasteiger partial charge in [0.15, 0.2) is 0 Å². The van der Waals surface area contributed by atoms with Crippen LogP contribution < -0.4 is 10.2 Å². The number of hydrogen-bond acceptors (Lipinski definition) is 4. The lowest BCUT2D eigenvalue weighted by molar-refractivity contribution is 0.0569. The first-order valence-electron chi connectivity index (χ1n) is 6.04. The van der Waals surface area contributed by atoms with Crippen molar-refractivity contribution >= 4 is 5.82 Å². The van der Waals surface area contributed by atoms with Gasteiger partial charge in [-0.3, -0.25) is 0 Å². The van der Waals surface area contributed by atoms with Crippen LogP contribution in [0.3, 0.4) is 0 Å². The normalized spacial score (nSPS) is 14.4. The molecule has 0 aliphatic heterocycles. The number of anilines is 1. The quantitative estimate of drug-likeness (QED) is 0.733. The van der Waals surface area contributed by atoms with Crippen LogP contribution in [0.4, 0.5) is 5.82 Å². The molecule has 0 aromatic carbocycles. The molecule has 1 atom stereocenters. The van der Waals surface area contributed by atoms with Gasteiger partial charge in [0.05, 0.1) is 0 Å². The molecule has 4 heteroatoms. The van der Waals surface area contributed by atoms with E-state index in [0.29, 0.717) is 6.54 Å². The van der Waals surface area contributed by atoms with Crippen LogP contribution in [-0.2, 0) is 5.60 Å². The van der Waals surface area contributed by atoms with Crippen LogP contribution in [0.25, 0.3) is 0 Å². The van der Waals surface area contributed by atoms with E-state index in [0.717, 1.165) is 24.3 Å². The van der Waals surface area contributed by atoms with Crippen molar-refractivity contribution in [1.29, 1.82) is 0 Å². The van der Waals surface area contributed by atoms with Crippen molar-refractivity contribution in [3.05, 3.63) is 23.9 Å². The van der Waals surface area contributed by atoms with Crippen LogP contribution in [0.5, 0.6) is 0 Å². The van der Waals surface area contributed by atoms with Gasteiger partial charge in [0.2, 0.25) is 0 Å². The Morgan fingerprint density at radius 1 is 1.41 bits per heavy atom. The first-order chi connectivity index (χ1) is 7.97. The van der Waals surface area contributed by atoms with E-state index in [2.05, 4.69) is 17.2 Å². The van der Waals surface area contributed by atoms with E-state index in [4.69, 9.17) is 0 Å². The van der Waals surface area contributed by atoms with E-state index >= 15 is 0 Å². The molecular formula is C13H23N3O. The van der Waals surface area contributed by atoms with Crippen molar-refractivity contribution < 1.29 is 5.11 Å². The first kappa shape index (κ1) is 13.9. The molecule has 0 aliphatic rings. The number of pyridine rings is 1. The van der Waals surface area contributed by atoms with Gasteiger partial charge >= 0.3 is 0 Å². The molecule has 96 valence electrons. The molecule has 2 N–H and O–H groups in total. The highest BCUT2D eigenvalue weighted by molar-refractivity contribution is 5.38. The maximum absolute atomic E-state index is 10.3. The molecule has 1 aromatic heterocycles. The molecule has 0 spiro atoms. The second kappa shape index (κ2) is 5.98. The standard InChI is InChI=1S/C13H23N3O/c1-5-8-14-10-13(2,17)11-6-7-12(15-9-11)16(3)4/h6-7,9,14,17H,5,8,10H2,1-4H3. The molecule has 0 radical (unpaired) electrons. The minimum absolute atomic E-state index is 0.545. The molecule has 0 fully saturated rings. The predicted octanol–water partition coefficient (Wildman–Crippen LogP) is 1.35. The predicted molar refractivity (Wildman–Crippen MR) is 71.3 cm³/mol. The van der Waals surface area contributed by atoms with Crippen LogP contribution >= 0.6 is 0 Å². The minimum Gasteiger partial charge on any atom is -0.384 e. The summed E-state index contributed by atoms with van der Waals surface area (Å²) in [5.74, 6) is 0.895. The van der Waals surface area contributed by atoms with Gasteiger partial charge < -0.3 is 15.3 Å². The SMILES string of the molecule is CCCNCC(C)(O)c1ccc(N(C)C)nc1. The Morgan fingerprint density at radius 2 is 2.12 bits per heavy atom. The van der Waals surface area contributed by atoms with Gasteiger partial charge in [0, 0.05) is 32.4 Å². The second-order valence-electron chi connectivity index (χ2n) is 4.75. The maximum atomic E-state index is 10.3. The highest BCUT2D eigenvalue weighted by Gasteiger charge is 2.22. The summed E-state index contributed by atoms with van der Waals surface area (Å²) >= 11 is 0. The summed E-state index contributed by atoms with van der Waals surface area (Å²) in [6.45, 7) is 5.38. The summed E-state index contributed by atoms with van der Waals surface area (Å²) in [7, 11) is 3.89. The van der Waals surface area contributed by atoms with E-state index in [1.165, 1.54) is 0 Å². The Balaban J connectivity index is 2.70. The first-order valence-corrected chi connectivity index (χ1v) is 6.04. The molecule has 0 bridgehead atoms. The fourth-order valence-electron chi connectivity index (χ4n) is 1.58. The molecule has 4 nitrogen and oxygen atoms in total. The van der Waals surface area contributed by atoms with E-state index in [-0.39, 0.29) is 0 Å². The highest BCUT2D eigenvalue weighted by Crippen LogP contribution is 2.20. The van der Waals surface area contributed by atoms with E-state index in [9.17, 15) is 5.11 Å². The van der Waals surface area contributed by atoms with Gasteiger partial charge in [0.25, 0.3) is 0 Å². The second-order valence-corrected chi connectivity index (χ2v) is 4.75. The van der Waals surface area contributed by atoms with Crippen molar-refractivity contribution in [3.8, 4) is 0 Å². The lowest BCUT2D eigenvalue weighted by atomic mass is 9.98. The number of aliphatic hydroxyl groups is 1. The highest BCUT2D eigenvalue weighted by atomic mass is 16.3. The zero-order chi connectivity index (χ0) is 12.9. The number of rotatable bonds is 6. The molecular weight excluding hydrogens is 214 g/mol. The van der Waals surface area contributed by atoms with Crippen molar-refractivity contribution in [1.82, 2.24) is 10.3 Å². The molecule has 1 heterocycles. The molecule has 0 aliphatic carbocycles. The molecule has 17 heavy (non-hydrogen) atoms. The Bertz CT molecular complexity index is 333. The molecule has 0 saturated carbocycles. The molecule has 0 amide bonds. The number of hydrogen-bond donors (Lipinski definition) is 2. The monoisotopic (exact) mass is 237 g/mol. The minimum atomic E-state index is -0.868. The van der Waals surface area contributed by atoms with Crippen molar-refractivity contribution in [2.45, 2.75) is 25.9 Å². The van der Waals surface area contributed by atoms with Gasteiger partial charge in [0.1, 0.15) is 11.4 Å². The number of aromatic nitrogens is 1. The molecule has 1 unspecified atom stereocenters. The van der Waals surface area contributed by atoms with Crippen LogP contribution in [0.2, 0.25) is 0 Å². The number of nitrogens with zero attached hydrogens (tertiary/aromatic N) is 2. The summed E-state index contributed by atoms with van der Waals surface area (Å²) in [6, 6.07) is 3.85. The average molecular weight is 237 g/mol. The Kier molecular flexibility index (Phi) is 4.90. The molecule has 1 aromatic rings. The summed E-state index contributed by atoms with van der Waals surface area (Å²) in [6.07, 6.45) is 2.80. The molecule has 0 saturated heterocycles. The van der Waals surface area contributed by atoms with Crippen LogP contribution in [0.1, 0.15) is 25.8 Å². The van der Waals surface area contributed by atoms with Gasteiger partial charge in [-0.15, -0.1) is 0 Å². The number of nitrogens with one attached hydrogen (secondary N) is 1. The van der Waals surface area contributed by atoms with Crippen molar-refractivity contribution in [2.24, 2.45) is 0 Å². The van der Waals surface area contributed by atoms with E-state index in [1.54, 1.807) is 6.20 Å². The largest absolute Gasteiger partial charge is 0.384 e. The van der Waals surface area contributed by atoms with E-state index in [1.807, 2.05) is 38.1 Å². The average Bonchev–Trinajstić information content (AvgIpc) is 2.29. The third kappa shape index (κ3) is 3.98. The summed E-state index contributed by atoms with van der Waals surface area (Å²) in [4.78, 5) is 6.25. The Labute approximate surface area is 104 Å². The van der Waals surface area contributed by atoms with Gasteiger partial charge in [-0.2, -0.15) is 0 Å². The Morgan fingerprint density at radius 3 is 2.59 bits per heavy atom. The van der Waals surface area contributed by atoms with Crippen molar-refractivity contribution in [2.75, 3.05) is 32.1 Å². The van der Waals surface area contributed by atoms with Crippen LogP contribution in [-0.4, -0.2) is 37.3 Å². The smallest absolute Gasteiger partial charge is 0.127 e. The lowest BCUT2D eigenvalue weighted by Gasteiger charge is -2.24. The van der Waals surface area contributed by atoms with Crippen molar-refractivity contribution in [3.63, 3.8) is 0 Å². The molecule has 1 rings (SSSR count). The fraction of sp³-hybridized carbons (Fsp3) is 0.615. The van der Waals surface area contributed by atoms with Crippen LogP contribution in [0.15, 0.2) is 18.3 Å².